The zero-order valence-electron chi connectivity index (χ0n) is 6.92. The number of rotatable bonds is 2. The van der Waals surface area contributed by atoms with Gasteiger partial charge >= 0.3 is 0 Å². The fourth-order valence-corrected chi connectivity index (χ4v) is 1.30. The Morgan fingerprint density at radius 1 is 1.67 bits per heavy atom. The second kappa shape index (κ2) is 4.55. The first-order chi connectivity index (χ1) is 5.84. The summed E-state index contributed by atoms with van der Waals surface area (Å²) >= 11 is 0. The van der Waals surface area contributed by atoms with Gasteiger partial charge in [0.15, 0.2) is 0 Å². The molecule has 3 nitrogen and oxygen atoms in total. The molecule has 12 heavy (non-hydrogen) atoms. The quantitative estimate of drug-likeness (QED) is 0.488. The minimum Gasteiger partial charge on any atom is -0.343 e. The Labute approximate surface area is 72.1 Å². The van der Waals surface area contributed by atoms with Crippen LogP contribution in [0.15, 0.2) is 12.2 Å². The van der Waals surface area contributed by atoms with Crippen molar-refractivity contribution in [2.45, 2.75) is 19.3 Å². The first-order valence-electron chi connectivity index (χ1n) is 4.14. The molecule has 3 heteroatoms. The maximum Gasteiger partial charge on any atom is 0.224 e. The summed E-state index contributed by atoms with van der Waals surface area (Å²) in [5.74, 6) is 0.101. The lowest BCUT2D eigenvalue weighted by molar-refractivity contribution is -0.124. The number of nitriles is 1. The molecule has 1 atom stereocenters. The minimum absolute atomic E-state index is 0.0147. The summed E-state index contributed by atoms with van der Waals surface area (Å²) in [4.78, 5) is 11.3. The second-order valence-corrected chi connectivity index (χ2v) is 2.86. The van der Waals surface area contributed by atoms with Crippen LogP contribution in [0.2, 0.25) is 0 Å². The number of hydrogen-bond acceptors (Lipinski definition) is 2. The second-order valence-electron chi connectivity index (χ2n) is 2.86. The molecule has 0 heterocycles. The first-order valence-corrected chi connectivity index (χ1v) is 4.14. The Hall–Kier alpha value is -1.30. The molecule has 1 aliphatic rings. The van der Waals surface area contributed by atoms with Gasteiger partial charge in [0.1, 0.15) is 6.54 Å². The van der Waals surface area contributed by atoms with E-state index in [1.165, 1.54) is 0 Å². The van der Waals surface area contributed by atoms with Crippen molar-refractivity contribution < 1.29 is 4.79 Å². The monoisotopic (exact) mass is 164 g/mol. The molecule has 1 rings (SSSR count). The highest BCUT2D eigenvalue weighted by Crippen LogP contribution is 2.17. The summed E-state index contributed by atoms with van der Waals surface area (Å²) in [6.07, 6.45) is 6.82. The van der Waals surface area contributed by atoms with Crippen molar-refractivity contribution in [1.82, 2.24) is 5.32 Å². The predicted molar refractivity (Wildman–Crippen MR) is 45.1 cm³/mol. The Morgan fingerprint density at radius 3 is 3.08 bits per heavy atom. The average molecular weight is 164 g/mol. The molecule has 0 bridgehead atoms. The molecule has 0 spiro atoms. The van der Waals surface area contributed by atoms with Gasteiger partial charge in [-0.15, -0.1) is 0 Å². The SMILES string of the molecule is N#CCNC(=O)C1CC=CCC1. The van der Waals surface area contributed by atoms with Crippen molar-refractivity contribution in [3.05, 3.63) is 12.2 Å². The van der Waals surface area contributed by atoms with Gasteiger partial charge in [0.05, 0.1) is 6.07 Å². The number of nitrogens with zero attached hydrogens (tertiary/aromatic N) is 1. The van der Waals surface area contributed by atoms with Crippen molar-refractivity contribution >= 4 is 5.91 Å². The summed E-state index contributed by atoms with van der Waals surface area (Å²) in [6.45, 7) is 0.124. The molecule has 1 aliphatic carbocycles. The molecule has 0 radical (unpaired) electrons. The highest BCUT2D eigenvalue weighted by atomic mass is 16.1. The van der Waals surface area contributed by atoms with E-state index in [0.29, 0.717) is 0 Å². The zero-order valence-corrected chi connectivity index (χ0v) is 6.92. The van der Waals surface area contributed by atoms with Crippen LogP contribution >= 0.6 is 0 Å². The van der Waals surface area contributed by atoms with Crippen molar-refractivity contribution in [2.75, 3.05) is 6.54 Å². The third-order valence-corrected chi connectivity index (χ3v) is 1.98. The Morgan fingerprint density at radius 2 is 2.50 bits per heavy atom. The lowest BCUT2D eigenvalue weighted by atomic mass is 9.94. The first kappa shape index (κ1) is 8.79. The van der Waals surface area contributed by atoms with Crippen LogP contribution in [0.1, 0.15) is 19.3 Å². The highest BCUT2D eigenvalue weighted by molar-refractivity contribution is 5.79. The smallest absolute Gasteiger partial charge is 0.224 e. The van der Waals surface area contributed by atoms with Gasteiger partial charge in [-0.1, -0.05) is 12.2 Å². The third-order valence-electron chi connectivity index (χ3n) is 1.98. The molecule has 0 aromatic heterocycles. The van der Waals surface area contributed by atoms with E-state index in [2.05, 4.69) is 11.4 Å². The van der Waals surface area contributed by atoms with Gasteiger partial charge in [-0.25, -0.2) is 0 Å². The van der Waals surface area contributed by atoms with E-state index in [9.17, 15) is 4.79 Å². The predicted octanol–water partition coefficient (Wildman–Crippen LogP) is 0.982. The molecule has 0 saturated carbocycles. The van der Waals surface area contributed by atoms with E-state index in [1.807, 2.05) is 12.1 Å². The maximum absolute atomic E-state index is 11.3. The summed E-state index contributed by atoms with van der Waals surface area (Å²) in [5.41, 5.74) is 0. The van der Waals surface area contributed by atoms with E-state index in [-0.39, 0.29) is 18.4 Å². The van der Waals surface area contributed by atoms with Crippen LogP contribution < -0.4 is 5.32 Å². The van der Waals surface area contributed by atoms with Gasteiger partial charge in [-0.3, -0.25) is 4.79 Å². The lowest BCUT2D eigenvalue weighted by Crippen LogP contribution is -2.31. The fraction of sp³-hybridized carbons (Fsp3) is 0.556. The number of amides is 1. The van der Waals surface area contributed by atoms with Crippen molar-refractivity contribution in [3.8, 4) is 6.07 Å². The van der Waals surface area contributed by atoms with Crippen molar-refractivity contribution in [2.24, 2.45) is 5.92 Å². The molecular formula is C9H12N2O. The number of carbonyl (C=O) groups excluding carboxylic acids is 1. The van der Waals surface area contributed by atoms with E-state index >= 15 is 0 Å². The van der Waals surface area contributed by atoms with Gasteiger partial charge < -0.3 is 5.32 Å². The Kier molecular flexibility index (Phi) is 3.34. The third kappa shape index (κ3) is 2.39. The lowest BCUT2D eigenvalue weighted by Gasteiger charge is -2.15. The fourth-order valence-electron chi connectivity index (χ4n) is 1.30. The Bertz CT molecular complexity index is 227. The van der Waals surface area contributed by atoms with E-state index in [4.69, 9.17) is 5.26 Å². The van der Waals surface area contributed by atoms with Gasteiger partial charge in [0.2, 0.25) is 5.91 Å². The normalized spacial score (nSPS) is 21.4. The number of nitrogens with one attached hydrogen (secondary N) is 1. The van der Waals surface area contributed by atoms with Crippen LogP contribution in [0.25, 0.3) is 0 Å². The van der Waals surface area contributed by atoms with Gasteiger partial charge in [0.25, 0.3) is 0 Å². The zero-order chi connectivity index (χ0) is 8.81. The standard InChI is InChI=1S/C9H12N2O/c10-6-7-11-9(12)8-4-2-1-3-5-8/h1-2,8H,3-5,7H2,(H,11,12). The van der Waals surface area contributed by atoms with Gasteiger partial charge in [-0.2, -0.15) is 5.26 Å². The van der Waals surface area contributed by atoms with Crippen LogP contribution in [0.5, 0.6) is 0 Å². The van der Waals surface area contributed by atoms with Crippen LogP contribution in [0.4, 0.5) is 0 Å². The molecule has 0 aromatic rings. The highest BCUT2D eigenvalue weighted by Gasteiger charge is 2.17. The largest absolute Gasteiger partial charge is 0.343 e. The van der Waals surface area contributed by atoms with Crippen LogP contribution in [0, 0.1) is 17.2 Å². The van der Waals surface area contributed by atoms with E-state index in [0.717, 1.165) is 19.3 Å². The summed E-state index contributed by atoms with van der Waals surface area (Å²) in [6, 6.07) is 1.89. The Balaban J connectivity index is 2.32. The summed E-state index contributed by atoms with van der Waals surface area (Å²) in [7, 11) is 0. The summed E-state index contributed by atoms with van der Waals surface area (Å²) in [5, 5.41) is 10.8. The molecule has 0 aromatic carbocycles. The van der Waals surface area contributed by atoms with E-state index in [1.54, 1.807) is 0 Å². The van der Waals surface area contributed by atoms with Gasteiger partial charge in [0, 0.05) is 5.92 Å². The molecule has 1 N–H and O–H groups in total. The average Bonchev–Trinajstić information content (AvgIpc) is 2.15. The molecule has 0 aliphatic heterocycles. The van der Waals surface area contributed by atoms with Crippen LogP contribution in [0.3, 0.4) is 0 Å². The molecule has 0 fully saturated rings. The van der Waals surface area contributed by atoms with E-state index < -0.39 is 0 Å². The van der Waals surface area contributed by atoms with Crippen molar-refractivity contribution in [3.63, 3.8) is 0 Å². The molecule has 0 saturated heterocycles. The number of hydrogen-bond donors (Lipinski definition) is 1. The summed E-state index contributed by atoms with van der Waals surface area (Å²) < 4.78 is 0. The minimum atomic E-state index is 0.0147. The van der Waals surface area contributed by atoms with Gasteiger partial charge in [-0.05, 0) is 19.3 Å². The molecule has 64 valence electrons. The number of carbonyl (C=O) groups is 1. The molecule has 1 amide bonds. The molecule has 1 unspecified atom stereocenters. The molecular weight excluding hydrogens is 152 g/mol. The number of allylic oxidation sites excluding steroid dienone is 2. The topological polar surface area (TPSA) is 52.9 Å². The maximum atomic E-state index is 11.3. The van der Waals surface area contributed by atoms with Crippen molar-refractivity contribution in [1.29, 1.82) is 5.26 Å². The van der Waals surface area contributed by atoms with Crippen LogP contribution in [-0.4, -0.2) is 12.5 Å². The van der Waals surface area contributed by atoms with Crippen LogP contribution in [-0.2, 0) is 4.79 Å².